The lowest BCUT2D eigenvalue weighted by molar-refractivity contribution is -0.116. The van der Waals surface area contributed by atoms with E-state index >= 15 is 0 Å². The molecule has 0 saturated heterocycles. The third-order valence-corrected chi connectivity index (χ3v) is 5.19. The van der Waals surface area contributed by atoms with Gasteiger partial charge in [0.25, 0.3) is 5.91 Å². The molecule has 1 aliphatic heterocycles. The molecule has 112 valence electrons. The first-order valence-electron chi connectivity index (χ1n) is 7.34. The lowest BCUT2D eigenvalue weighted by atomic mass is 9.81. The fourth-order valence-corrected chi connectivity index (χ4v) is 3.55. The topological polar surface area (TPSA) is 62.2 Å². The summed E-state index contributed by atoms with van der Waals surface area (Å²) in [4.78, 5) is 16.7. The standard InChI is InChI=1S/C16H19ClN2O2/c1-9-8-18-13(12(17)10(9)2)11-14(20)16(19-15(11)21)6-4-3-5-7-16/h8,20H,3-7H2,1-2H3,(H,19,21). The van der Waals surface area contributed by atoms with Crippen molar-refractivity contribution in [2.45, 2.75) is 51.5 Å². The van der Waals surface area contributed by atoms with Crippen LogP contribution in [0.3, 0.4) is 0 Å². The number of halogens is 1. The maximum atomic E-state index is 12.4. The van der Waals surface area contributed by atoms with Gasteiger partial charge in [0.2, 0.25) is 0 Å². The van der Waals surface area contributed by atoms with Gasteiger partial charge in [-0.05, 0) is 37.8 Å². The van der Waals surface area contributed by atoms with Crippen LogP contribution < -0.4 is 5.32 Å². The third kappa shape index (κ3) is 2.13. The predicted octanol–water partition coefficient (Wildman–Crippen LogP) is 3.45. The van der Waals surface area contributed by atoms with Gasteiger partial charge in [-0.25, -0.2) is 0 Å². The number of aryl methyl sites for hydroxylation is 1. The van der Waals surface area contributed by atoms with E-state index in [0.717, 1.165) is 43.2 Å². The molecule has 1 aromatic rings. The van der Waals surface area contributed by atoms with Crippen molar-refractivity contribution in [3.8, 4) is 0 Å². The van der Waals surface area contributed by atoms with Gasteiger partial charge in [-0.1, -0.05) is 30.9 Å². The summed E-state index contributed by atoms with van der Waals surface area (Å²) in [5.41, 5.74) is 1.88. The molecule has 1 spiro atoms. The van der Waals surface area contributed by atoms with E-state index in [2.05, 4.69) is 10.3 Å². The Bertz CT molecular complexity index is 646. The molecule has 3 rings (SSSR count). The van der Waals surface area contributed by atoms with Gasteiger partial charge in [0, 0.05) is 6.20 Å². The van der Waals surface area contributed by atoms with Crippen molar-refractivity contribution in [1.82, 2.24) is 10.3 Å². The van der Waals surface area contributed by atoms with Crippen LogP contribution >= 0.6 is 11.6 Å². The number of rotatable bonds is 1. The van der Waals surface area contributed by atoms with Gasteiger partial charge in [-0.3, -0.25) is 9.78 Å². The van der Waals surface area contributed by atoms with Crippen LogP contribution in [0.15, 0.2) is 12.0 Å². The Kier molecular flexibility index (Phi) is 3.44. The van der Waals surface area contributed by atoms with E-state index < -0.39 is 5.54 Å². The van der Waals surface area contributed by atoms with Crippen LogP contribution in [0.25, 0.3) is 5.57 Å². The maximum Gasteiger partial charge on any atom is 0.257 e. The lowest BCUT2D eigenvalue weighted by Gasteiger charge is -2.33. The highest BCUT2D eigenvalue weighted by Crippen LogP contribution is 2.42. The van der Waals surface area contributed by atoms with Crippen LogP contribution in [-0.2, 0) is 4.79 Å². The smallest absolute Gasteiger partial charge is 0.257 e. The van der Waals surface area contributed by atoms with Crippen molar-refractivity contribution in [3.63, 3.8) is 0 Å². The fraction of sp³-hybridized carbons (Fsp3) is 0.500. The van der Waals surface area contributed by atoms with Gasteiger partial charge in [-0.15, -0.1) is 0 Å². The number of hydrogen-bond donors (Lipinski definition) is 2. The van der Waals surface area contributed by atoms with E-state index in [1.54, 1.807) is 6.20 Å². The summed E-state index contributed by atoms with van der Waals surface area (Å²) in [6, 6.07) is 0. The van der Waals surface area contributed by atoms with Crippen molar-refractivity contribution in [2.75, 3.05) is 0 Å². The first-order valence-corrected chi connectivity index (χ1v) is 7.72. The van der Waals surface area contributed by atoms with E-state index in [4.69, 9.17) is 11.6 Å². The van der Waals surface area contributed by atoms with Crippen LogP contribution in [0.1, 0.15) is 48.9 Å². The molecule has 2 N–H and O–H groups in total. The molecule has 1 saturated carbocycles. The number of carbonyl (C=O) groups is 1. The zero-order valence-corrected chi connectivity index (χ0v) is 13.0. The Morgan fingerprint density at radius 1 is 1.29 bits per heavy atom. The Labute approximate surface area is 129 Å². The number of aromatic nitrogens is 1. The number of nitrogens with zero attached hydrogens (tertiary/aromatic N) is 1. The molecule has 0 aromatic carbocycles. The number of pyridine rings is 1. The van der Waals surface area contributed by atoms with E-state index in [1.807, 2.05) is 13.8 Å². The number of aliphatic hydroxyl groups is 1. The summed E-state index contributed by atoms with van der Waals surface area (Å²) in [5, 5.41) is 14.1. The Morgan fingerprint density at radius 3 is 2.62 bits per heavy atom. The Morgan fingerprint density at radius 2 is 1.95 bits per heavy atom. The van der Waals surface area contributed by atoms with E-state index in [9.17, 15) is 9.90 Å². The molecule has 0 radical (unpaired) electrons. The molecule has 1 aliphatic carbocycles. The van der Waals surface area contributed by atoms with Gasteiger partial charge in [0.15, 0.2) is 0 Å². The van der Waals surface area contributed by atoms with Crippen LogP contribution in [0, 0.1) is 13.8 Å². The molecule has 21 heavy (non-hydrogen) atoms. The minimum Gasteiger partial charge on any atom is -0.509 e. The van der Waals surface area contributed by atoms with Crippen LogP contribution in [0.4, 0.5) is 0 Å². The molecule has 1 fully saturated rings. The Balaban J connectivity index is 2.13. The molecule has 0 unspecified atom stereocenters. The van der Waals surface area contributed by atoms with Crippen LogP contribution in [0.5, 0.6) is 0 Å². The molecule has 0 bridgehead atoms. The fourth-order valence-electron chi connectivity index (χ4n) is 3.26. The summed E-state index contributed by atoms with van der Waals surface area (Å²) in [7, 11) is 0. The number of aliphatic hydroxyl groups excluding tert-OH is 1. The summed E-state index contributed by atoms with van der Waals surface area (Å²) >= 11 is 6.35. The zero-order valence-electron chi connectivity index (χ0n) is 12.3. The van der Waals surface area contributed by atoms with Crippen LogP contribution in [-0.4, -0.2) is 21.5 Å². The third-order valence-electron chi connectivity index (χ3n) is 4.73. The highest BCUT2D eigenvalue weighted by Gasteiger charge is 2.47. The average Bonchev–Trinajstić information content (AvgIpc) is 2.69. The molecule has 4 nitrogen and oxygen atoms in total. The molecule has 2 heterocycles. The minimum atomic E-state index is -0.603. The van der Waals surface area contributed by atoms with Gasteiger partial charge in [0.1, 0.15) is 11.3 Å². The second-order valence-corrected chi connectivity index (χ2v) is 6.43. The minimum absolute atomic E-state index is 0.116. The molecule has 1 amide bonds. The van der Waals surface area contributed by atoms with Crippen molar-refractivity contribution >= 4 is 23.1 Å². The van der Waals surface area contributed by atoms with Crippen LogP contribution in [0.2, 0.25) is 5.02 Å². The second-order valence-electron chi connectivity index (χ2n) is 6.05. The molecular formula is C16H19ClN2O2. The highest BCUT2D eigenvalue weighted by atomic mass is 35.5. The predicted molar refractivity (Wildman–Crippen MR) is 82.2 cm³/mol. The summed E-state index contributed by atoms with van der Waals surface area (Å²) in [6.07, 6.45) is 6.39. The monoisotopic (exact) mass is 306 g/mol. The number of hydrogen-bond acceptors (Lipinski definition) is 3. The maximum absolute atomic E-state index is 12.4. The first kappa shape index (κ1) is 14.4. The van der Waals surface area contributed by atoms with Crippen molar-refractivity contribution in [3.05, 3.63) is 33.8 Å². The molecule has 1 aromatic heterocycles. The second kappa shape index (κ2) is 5.02. The van der Waals surface area contributed by atoms with Crippen molar-refractivity contribution < 1.29 is 9.90 Å². The van der Waals surface area contributed by atoms with E-state index in [1.165, 1.54) is 0 Å². The molecule has 5 heteroatoms. The summed E-state index contributed by atoms with van der Waals surface area (Å²) < 4.78 is 0. The number of amides is 1. The van der Waals surface area contributed by atoms with Gasteiger partial charge >= 0.3 is 0 Å². The molecule has 2 aliphatic rings. The summed E-state index contributed by atoms with van der Waals surface area (Å²) in [5.74, 6) is -0.156. The van der Waals surface area contributed by atoms with Gasteiger partial charge < -0.3 is 10.4 Å². The number of carbonyl (C=O) groups excluding carboxylic acids is 1. The normalized spacial score (nSPS) is 21.0. The number of nitrogens with one attached hydrogen (secondary N) is 1. The zero-order chi connectivity index (χ0) is 15.2. The van der Waals surface area contributed by atoms with Crippen molar-refractivity contribution in [2.24, 2.45) is 0 Å². The van der Waals surface area contributed by atoms with Gasteiger partial charge in [-0.2, -0.15) is 0 Å². The largest absolute Gasteiger partial charge is 0.509 e. The van der Waals surface area contributed by atoms with E-state index in [0.29, 0.717) is 10.7 Å². The van der Waals surface area contributed by atoms with Gasteiger partial charge in [0.05, 0.1) is 16.3 Å². The lowest BCUT2D eigenvalue weighted by Crippen LogP contribution is -2.46. The summed E-state index contributed by atoms with van der Waals surface area (Å²) in [6.45, 7) is 3.81. The first-order chi connectivity index (χ1) is 9.96. The van der Waals surface area contributed by atoms with Crippen molar-refractivity contribution in [1.29, 1.82) is 0 Å². The Hall–Kier alpha value is -1.55. The molecular weight excluding hydrogens is 288 g/mol. The van der Waals surface area contributed by atoms with E-state index in [-0.39, 0.29) is 17.2 Å². The highest BCUT2D eigenvalue weighted by molar-refractivity contribution is 6.36. The molecule has 0 atom stereocenters. The quantitative estimate of drug-likeness (QED) is 0.835. The average molecular weight is 307 g/mol. The SMILES string of the molecule is Cc1cnc(C2=C(O)C3(CCCCC3)NC2=O)c(Cl)c1C.